The van der Waals surface area contributed by atoms with Crippen molar-refractivity contribution in [3.8, 4) is 11.1 Å². The van der Waals surface area contributed by atoms with Crippen molar-refractivity contribution in [2.75, 3.05) is 0 Å². The predicted molar refractivity (Wildman–Crippen MR) is 67.9 cm³/mol. The maximum absolute atomic E-state index is 13.8. The van der Waals surface area contributed by atoms with Crippen molar-refractivity contribution in [2.45, 2.75) is 11.8 Å². The molecule has 0 radical (unpaired) electrons. The van der Waals surface area contributed by atoms with Crippen molar-refractivity contribution in [1.29, 1.82) is 0 Å². The van der Waals surface area contributed by atoms with Gasteiger partial charge < -0.3 is 0 Å². The smallest absolute Gasteiger partial charge is 0.225 e. The molecule has 3 nitrogen and oxygen atoms in total. The molecule has 2 aromatic rings. The fourth-order valence-corrected chi connectivity index (χ4v) is 2.71. The Morgan fingerprint density at radius 2 is 1.72 bits per heavy atom. The quantitative estimate of drug-likeness (QED) is 0.906. The van der Waals surface area contributed by atoms with Gasteiger partial charge in [0.25, 0.3) is 0 Å². The minimum Gasteiger partial charge on any atom is -0.225 e. The highest BCUT2D eigenvalue weighted by Crippen LogP contribution is 2.31. The van der Waals surface area contributed by atoms with Gasteiger partial charge in [0, 0.05) is 11.1 Å². The van der Waals surface area contributed by atoms with Gasteiger partial charge in [0.15, 0.2) is 0 Å². The maximum atomic E-state index is 13.8. The van der Waals surface area contributed by atoms with Crippen molar-refractivity contribution in [3.05, 3.63) is 53.8 Å². The van der Waals surface area contributed by atoms with Crippen molar-refractivity contribution < 1.29 is 12.8 Å². The summed E-state index contributed by atoms with van der Waals surface area (Å²) in [5.41, 5.74) is 1.21. The Labute approximate surface area is 105 Å². The Hall–Kier alpha value is -1.72. The molecule has 0 atom stereocenters. The molecule has 0 aliphatic carbocycles. The van der Waals surface area contributed by atoms with Gasteiger partial charge >= 0.3 is 0 Å². The third-order valence-electron chi connectivity index (χ3n) is 2.68. The van der Waals surface area contributed by atoms with Crippen LogP contribution in [0, 0.1) is 12.7 Å². The molecule has 0 saturated carbocycles. The molecule has 0 aromatic heterocycles. The molecule has 0 amide bonds. The van der Waals surface area contributed by atoms with E-state index in [0.717, 1.165) is 0 Å². The number of benzene rings is 2. The first-order valence-electron chi connectivity index (χ1n) is 5.28. The molecule has 0 saturated heterocycles. The fourth-order valence-electron chi connectivity index (χ4n) is 1.89. The highest BCUT2D eigenvalue weighted by Gasteiger charge is 2.18. The summed E-state index contributed by atoms with van der Waals surface area (Å²) in [5.74, 6) is -0.475. The molecule has 18 heavy (non-hydrogen) atoms. The summed E-state index contributed by atoms with van der Waals surface area (Å²) in [6.45, 7) is 1.72. The van der Waals surface area contributed by atoms with E-state index in [0.29, 0.717) is 11.1 Å². The lowest BCUT2D eigenvalue weighted by Crippen LogP contribution is -2.14. The van der Waals surface area contributed by atoms with Crippen LogP contribution in [-0.2, 0) is 10.0 Å². The lowest BCUT2D eigenvalue weighted by Gasteiger charge is -2.11. The first kappa shape index (κ1) is 12.7. The molecule has 0 bridgehead atoms. The molecule has 2 N–H and O–H groups in total. The Kier molecular flexibility index (Phi) is 3.19. The van der Waals surface area contributed by atoms with Crippen LogP contribution in [0.2, 0.25) is 0 Å². The van der Waals surface area contributed by atoms with Crippen LogP contribution in [0.15, 0.2) is 47.4 Å². The minimum absolute atomic E-state index is 0.0624. The molecule has 2 aromatic carbocycles. The molecular weight excluding hydrogens is 253 g/mol. The van der Waals surface area contributed by atoms with Crippen molar-refractivity contribution in [3.63, 3.8) is 0 Å². The zero-order chi connectivity index (χ0) is 13.3. The lowest BCUT2D eigenvalue weighted by molar-refractivity contribution is 0.597. The largest absolute Gasteiger partial charge is 0.238 e. The van der Waals surface area contributed by atoms with Gasteiger partial charge in [-0.3, -0.25) is 0 Å². The molecule has 0 unspecified atom stereocenters. The normalized spacial score (nSPS) is 11.5. The average molecular weight is 265 g/mol. The summed E-state index contributed by atoms with van der Waals surface area (Å²) in [5, 5.41) is 5.16. The summed E-state index contributed by atoms with van der Waals surface area (Å²) in [6, 6.07) is 10.7. The summed E-state index contributed by atoms with van der Waals surface area (Å²) in [7, 11) is -3.89. The molecule has 5 heteroatoms. The Morgan fingerprint density at radius 3 is 2.33 bits per heavy atom. The van der Waals surface area contributed by atoms with E-state index in [9.17, 15) is 12.8 Å². The van der Waals surface area contributed by atoms with Crippen LogP contribution in [0.25, 0.3) is 11.1 Å². The van der Waals surface area contributed by atoms with Crippen LogP contribution < -0.4 is 5.14 Å². The van der Waals surface area contributed by atoms with Crippen LogP contribution in [0.5, 0.6) is 0 Å². The second-order valence-electron chi connectivity index (χ2n) is 3.97. The molecular formula is C13H12FNO2S. The monoisotopic (exact) mass is 265 g/mol. The summed E-state index contributed by atoms with van der Waals surface area (Å²) in [4.78, 5) is -0.0624. The molecule has 0 aliphatic rings. The van der Waals surface area contributed by atoms with Crippen molar-refractivity contribution >= 4 is 10.0 Å². The number of aryl methyl sites for hydroxylation is 1. The molecule has 0 aliphatic heterocycles. The van der Waals surface area contributed by atoms with Gasteiger partial charge in [-0.15, -0.1) is 0 Å². The van der Waals surface area contributed by atoms with Crippen LogP contribution in [-0.4, -0.2) is 8.42 Å². The fraction of sp³-hybridized carbons (Fsp3) is 0.0769. The number of nitrogens with two attached hydrogens (primary N) is 1. The number of halogens is 1. The van der Waals surface area contributed by atoms with Gasteiger partial charge in [0.1, 0.15) is 5.82 Å². The summed E-state index contributed by atoms with van der Waals surface area (Å²) >= 11 is 0. The highest BCUT2D eigenvalue weighted by molar-refractivity contribution is 7.89. The van der Waals surface area contributed by atoms with Crippen LogP contribution >= 0.6 is 0 Å². The molecule has 94 valence electrons. The number of sulfonamides is 1. The number of hydrogen-bond donors (Lipinski definition) is 1. The Balaban J connectivity index is 2.84. The van der Waals surface area contributed by atoms with E-state index in [1.165, 1.54) is 18.2 Å². The lowest BCUT2D eigenvalue weighted by atomic mass is 10.0. The van der Waals surface area contributed by atoms with E-state index in [1.807, 2.05) is 0 Å². The van der Waals surface area contributed by atoms with E-state index in [2.05, 4.69) is 0 Å². The van der Waals surface area contributed by atoms with E-state index in [1.54, 1.807) is 31.2 Å². The van der Waals surface area contributed by atoms with Gasteiger partial charge in [-0.1, -0.05) is 30.3 Å². The van der Waals surface area contributed by atoms with Crippen LogP contribution in [0.1, 0.15) is 5.56 Å². The summed E-state index contributed by atoms with van der Waals surface area (Å²) < 4.78 is 36.9. The van der Waals surface area contributed by atoms with Gasteiger partial charge in [-0.25, -0.2) is 17.9 Å². The standard InChI is InChI=1S/C13H12FNO2S/c1-9-5-4-8-12(18(15,16)17)13(9)10-6-2-3-7-11(10)14/h2-8H,1H3,(H2,15,16,17). The molecule has 2 rings (SSSR count). The Bertz CT molecular complexity index is 696. The van der Waals surface area contributed by atoms with Gasteiger partial charge in [0.05, 0.1) is 4.90 Å². The molecule has 0 heterocycles. The van der Waals surface area contributed by atoms with Crippen LogP contribution in [0.4, 0.5) is 4.39 Å². The van der Waals surface area contributed by atoms with Gasteiger partial charge in [-0.05, 0) is 24.6 Å². The predicted octanol–water partition coefficient (Wildman–Crippen LogP) is 2.45. The Morgan fingerprint density at radius 1 is 1.06 bits per heavy atom. The maximum Gasteiger partial charge on any atom is 0.238 e. The SMILES string of the molecule is Cc1cccc(S(N)(=O)=O)c1-c1ccccc1F. The van der Waals surface area contributed by atoms with E-state index in [-0.39, 0.29) is 10.5 Å². The van der Waals surface area contributed by atoms with E-state index in [4.69, 9.17) is 5.14 Å². The number of hydrogen-bond acceptors (Lipinski definition) is 2. The van der Waals surface area contributed by atoms with Crippen LogP contribution in [0.3, 0.4) is 0 Å². The zero-order valence-corrected chi connectivity index (χ0v) is 10.5. The van der Waals surface area contributed by atoms with Gasteiger partial charge in [0.2, 0.25) is 10.0 Å². The van der Waals surface area contributed by atoms with E-state index < -0.39 is 15.8 Å². The topological polar surface area (TPSA) is 60.2 Å². The molecule has 0 spiro atoms. The molecule has 0 fully saturated rings. The third kappa shape index (κ3) is 2.27. The van der Waals surface area contributed by atoms with Gasteiger partial charge in [-0.2, -0.15) is 0 Å². The average Bonchev–Trinajstić information content (AvgIpc) is 2.29. The van der Waals surface area contributed by atoms with E-state index >= 15 is 0 Å². The minimum atomic E-state index is -3.89. The summed E-state index contributed by atoms with van der Waals surface area (Å²) in [6.07, 6.45) is 0. The number of primary sulfonamides is 1. The number of rotatable bonds is 2. The first-order chi connectivity index (χ1) is 8.41. The second kappa shape index (κ2) is 4.51. The zero-order valence-electron chi connectivity index (χ0n) is 9.72. The van der Waals surface area contributed by atoms with Crippen molar-refractivity contribution in [2.24, 2.45) is 5.14 Å². The first-order valence-corrected chi connectivity index (χ1v) is 6.83. The second-order valence-corrected chi connectivity index (χ2v) is 5.50. The third-order valence-corrected chi connectivity index (χ3v) is 3.64. The highest BCUT2D eigenvalue weighted by atomic mass is 32.2. The van der Waals surface area contributed by atoms with Crippen molar-refractivity contribution in [1.82, 2.24) is 0 Å².